The molecule has 0 spiro atoms. The number of ether oxygens (including phenoxy) is 3. The van der Waals surface area contributed by atoms with Gasteiger partial charge < -0.3 is 19.5 Å². The molecule has 8 heteroatoms. The summed E-state index contributed by atoms with van der Waals surface area (Å²) in [5.74, 6) is 0.657. The lowest BCUT2D eigenvalue weighted by Gasteiger charge is -2.28. The smallest absolute Gasteiger partial charge is 0.278 e. The molecule has 5 rings (SSSR count). The number of imide groups is 1. The lowest BCUT2D eigenvalue weighted by atomic mass is 10.0. The molecule has 32 heavy (non-hydrogen) atoms. The molecule has 0 aromatic heterocycles. The summed E-state index contributed by atoms with van der Waals surface area (Å²) in [6.45, 7) is 6.06. The number of fused-ring (bicyclic) bond motifs is 1. The molecule has 2 aromatic rings. The van der Waals surface area contributed by atoms with Crippen LogP contribution in [-0.2, 0) is 14.3 Å². The Labute approximate surface area is 186 Å². The third-order valence-corrected chi connectivity index (χ3v) is 5.89. The van der Waals surface area contributed by atoms with Gasteiger partial charge in [-0.1, -0.05) is 29.8 Å². The van der Waals surface area contributed by atoms with Crippen molar-refractivity contribution in [1.82, 2.24) is 9.80 Å². The van der Waals surface area contributed by atoms with E-state index in [2.05, 4.69) is 10.2 Å². The number of hydrogen-bond donors (Lipinski definition) is 1. The number of rotatable bonds is 6. The van der Waals surface area contributed by atoms with Crippen molar-refractivity contribution >= 4 is 23.1 Å². The fourth-order valence-electron chi connectivity index (χ4n) is 4.07. The van der Waals surface area contributed by atoms with Crippen molar-refractivity contribution in [1.29, 1.82) is 0 Å². The number of carbonyl (C=O) groups is 2. The van der Waals surface area contributed by atoms with Gasteiger partial charge in [0.2, 0.25) is 6.79 Å². The van der Waals surface area contributed by atoms with Gasteiger partial charge in [0.15, 0.2) is 11.5 Å². The third kappa shape index (κ3) is 3.94. The molecule has 1 saturated heterocycles. The molecular weight excluding hydrogens is 410 g/mol. The standard InChI is InChI=1S/C24H25N3O5/c1-16-2-4-17(5-3-16)21-22(25-18-6-7-19-20(14-18)32-15-31-19)24(29)27(23(21)28)9-8-26-10-12-30-13-11-26/h2-7,14,25H,8-13,15H2,1H3. The number of anilines is 1. The Morgan fingerprint density at radius 1 is 0.906 bits per heavy atom. The Morgan fingerprint density at radius 3 is 2.44 bits per heavy atom. The van der Waals surface area contributed by atoms with Gasteiger partial charge >= 0.3 is 0 Å². The van der Waals surface area contributed by atoms with E-state index in [4.69, 9.17) is 14.2 Å². The van der Waals surface area contributed by atoms with Crippen LogP contribution in [-0.4, -0.2) is 67.8 Å². The van der Waals surface area contributed by atoms with Gasteiger partial charge in [-0.2, -0.15) is 0 Å². The lowest BCUT2D eigenvalue weighted by molar-refractivity contribution is -0.137. The van der Waals surface area contributed by atoms with Crippen molar-refractivity contribution in [2.45, 2.75) is 6.92 Å². The predicted octanol–water partition coefficient (Wildman–Crippen LogP) is 2.25. The van der Waals surface area contributed by atoms with E-state index in [1.807, 2.05) is 31.2 Å². The van der Waals surface area contributed by atoms with Crippen LogP contribution in [0.25, 0.3) is 5.57 Å². The summed E-state index contributed by atoms with van der Waals surface area (Å²) in [6, 6.07) is 13.0. The Bertz CT molecular complexity index is 1070. The number of nitrogens with zero attached hydrogens (tertiary/aromatic N) is 2. The second-order valence-electron chi connectivity index (χ2n) is 8.03. The molecule has 0 atom stereocenters. The minimum absolute atomic E-state index is 0.169. The van der Waals surface area contributed by atoms with E-state index in [0.717, 1.165) is 18.7 Å². The number of benzene rings is 2. The van der Waals surface area contributed by atoms with E-state index in [-0.39, 0.29) is 24.3 Å². The van der Waals surface area contributed by atoms with E-state index in [9.17, 15) is 9.59 Å². The molecule has 1 fully saturated rings. The highest BCUT2D eigenvalue weighted by Crippen LogP contribution is 2.36. The van der Waals surface area contributed by atoms with Gasteiger partial charge in [-0.05, 0) is 24.6 Å². The van der Waals surface area contributed by atoms with Crippen LogP contribution < -0.4 is 14.8 Å². The molecular formula is C24H25N3O5. The molecule has 0 aliphatic carbocycles. The summed E-state index contributed by atoms with van der Waals surface area (Å²) in [4.78, 5) is 30.3. The summed E-state index contributed by atoms with van der Waals surface area (Å²) in [5, 5.41) is 3.18. The molecule has 1 N–H and O–H groups in total. The van der Waals surface area contributed by atoms with Crippen LogP contribution in [0.5, 0.6) is 11.5 Å². The van der Waals surface area contributed by atoms with Crippen LogP contribution in [0.15, 0.2) is 48.2 Å². The zero-order chi connectivity index (χ0) is 22.1. The average Bonchev–Trinajstić information content (AvgIpc) is 3.36. The first-order chi connectivity index (χ1) is 15.6. The molecule has 0 saturated carbocycles. The summed E-state index contributed by atoms with van der Waals surface area (Å²) < 4.78 is 16.2. The SMILES string of the molecule is Cc1ccc(C2=C(Nc3ccc4c(c3)OCO4)C(=O)N(CCN3CCOCC3)C2=O)cc1. The van der Waals surface area contributed by atoms with Crippen LogP contribution in [0.3, 0.4) is 0 Å². The topological polar surface area (TPSA) is 80.3 Å². The summed E-state index contributed by atoms with van der Waals surface area (Å²) in [6.07, 6.45) is 0. The van der Waals surface area contributed by atoms with E-state index >= 15 is 0 Å². The fourth-order valence-corrected chi connectivity index (χ4v) is 4.07. The maximum atomic E-state index is 13.4. The monoisotopic (exact) mass is 435 g/mol. The highest BCUT2D eigenvalue weighted by molar-refractivity contribution is 6.36. The largest absolute Gasteiger partial charge is 0.454 e. The number of amides is 2. The van der Waals surface area contributed by atoms with Gasteiger partial charge in [0.25, 0.3) is 11.8 Å². The summed E-state index contributed by atoms with van der Waals surface area (Å²) in [5.41, 5.74) is 3.12. The zero-order valence-electron chi connectivity index (χ0n) is 17.9. The molecule has 8 nitrogen and oxygen atoms in total. The fraction of sp³-hybridized carbons (Fsp3) is 0.333. The van der Waals surface area contributed by atoms with Gasteiger partial charge in [-0.25, -0.2) is 0 Å². The van der Waals surface area contributed by atoms with Crippen molar-refractivity contribution < 1.29 is 23.8 Å². The normalized spacial score (nSPS) is 18.6. The van der Waals surface area contributed by atoms with Crippen molar-refractivity contribution in [3.63, 3.8) is 0 Å². The van der Waals surface area contributed by atoms with Crippen molar-refractivity contribution in [3.05, 3.63) is 59.3 Å². The summed E-state index contributed by atoms with van der Waals surface area (Å²) >= 11 is 0. The zero-order valence-corrected chi connectivity index (χ0v) is 17.9. The molecule has 0 bridgehead atoms. The van der Waals surface area contributed by atoms with E-state index in [1.165, 1.54) is 4.90 Å². The molecule has 0 radical (unpaired) electrons. The second kappa shape index (κ2) is 8.64. The maximum Gasteiger partial charge on any atom is 0.278 e. The van der Waals surface area contributed by atoms with Crippen LogP contribution in [0, 0.1) is 6.92 Å². The predicted molar refractivity (Wildman–Crippen MR) is 118 cm³/mol. The number of carbonyl (C=O) groups excluding carboxylic acids is 2. The van der Waals surface area contributed by atoms with E-state index < -0.39 is 0 Å². The van der Waals surface area contributed by atoms with Gasteiger partial charge in [0.05, 0.1) is 18.8 Å². The maximum absolute atomic E-state index is 13.4. The first-order valence-electron chi connectivity index (χ1n) is 10.7. The Hall–Kier alpha value is -3.36. The molecule has 3 aliphatic rings. The van der Waals surface area contributed by atoms with Crippen LogP contribution in [0.4, 0.5) is 5.69 Å². The van der Waals surface area contributed by atoms with Crippen molar-refractivity contribution in [2.24, 2.45) is 0 Å². The Kier molecular flexibility index (Phi) is 5.55. The van der Waals surface area contributed by atoms with Gasteiger partial charge in [-0.3, -0.25) is 19.4 Å². The number of aryl methyl sites for hydroxylation is 1. The highest BCUT2D eigenvalue weighted by Gasteiger charge is 2.39. The van der Waals surface area contributed by atoms with E-state index in [0.29, 0.717) is 54.6 Å². The molecule has 166 valence electrons. The van der Waals surface area contributed by atoms with Crippen LogP contribution in [0.1, 0.15) is 11.1 Å². The number of morpholine rings is 1. The third-order valence-electron chi connectivity index (χ3n) is 5.89. The van der Waals surface area contributed by atoms with Crippen LogP contribution >= 0.6 is 0 Å². The lowest BCUT2D eigenvalue weighted by Crippen LogP contribution is -2.43. The quantitative estimate of drug-likeness (QED) is 0.697. The molecule has 2 aromatic carbocycles. The summed E-state index contributed by atoms with van der Waals surface area (Å²) in [7, 11) is 0. The minimum atomic E-state index is -0.323. The molecule has 0 unspecified atom stereocenters. The number of hydrogen-bond acceptors (Lipinski definition) is 7. The van der Waals surface area contributed by atoms with Gasteiger partial charge in [0.1, 0.15) is 5.70 Å². The highest BCUT2D eigenvalue weighted by atomic mass is 16.7. The average molecular weight is 435 g/mol. The minimum Gasteiger partial charge on any atom is -0.454 e. The molecule has 2 amide bonds. The second-order valence-corrected chi connectivity index (χ2v) is 8.03. The number of nitrogens with one attached hydrogen (secondary N) is 1. The van der Waals surface area contributed by atoms with Crippen molar-refractivity contribution in [3.8, 4) is 11.5 Å². The Morgan fingerprint density at radius 2 is 1.66 bits per heavy atom. The molecule has 3 heterocycles. The van der Waals surface area contributed by atoms with Crippen molar-refractivity contribution in [2.75, 3.05) is 51.5 Å². The van der Waals surface area contributed by atoms with E-state index in [1.54, 1.807) is 18.2 Å². The van der Waals surface area contributed by atoms with Gasteiger partial charge in [-0.15, -0.1) is 0 Å². The first kappa shape index (κ1) is 20.5. The molecule has 3 aliphatic heterocycles. The van der Waals surface area contributed by atoms with Crippen LogP contribution in [0.2, 0.25) is 0 Å². The Balaban J connectivity index is 1.43. The first-order valence-corrected chi connectivity index (χ1v) is 10.7. The van der Waals surface area contributed by atoms with Gasteiger partial charge in [0, 0.05) is 37.9 Å².